The fourth-order valence-corrected chi connectivity index (χ4v) is 2.80. The molecular weight excluding hydrogens is 377 g/mol. The van der Waals surface area contributed by atoms with Crippen molar-refractivity contribution in [3.63, 3.8) is 0 Å². The Balaban J connectivity index is 4.00. The quantitative estimate of drug-likeness (QED) is 0.243. The monoisotopic (exact) mass is 406 g/mol. The fraction of sp³-hybridized carbons (Fsp3) is 0.938. The van der Waals surface area contributed by atoms with Gasteiger partial charge in [-0.05, 0) is 19.3 Å². The number of hydrogen-bond acceptors (Lipinski definition) is 5. The summed E-state index contributed by atoms with van der Waals surface area (Å²) in [4.78, 5) is 11.9. The lowest BCUT2D eigenvalue weighted by molar-refractivity contribution is -0.152. The Morgan fingerprint density at radius 2 is 1.58 bits per heavy atom. The van der Waals surface area contributed by atoms with Crippen LogP contribution in [0.5, 0.6) is 0 Å². The molecule has 1 atom stereocenters. The standard InChI is InChI=1S/C16H29F3O6S/c1-2-3-4-8-11-14(25-26(21,22)23)15(20)24-13-10-7-5-6-9-12-16(17,18)19/h14H,2-13H2,1H3,(H,21,22,23). The molecule has 0 amide bonds. The first-order valence-corrected chi connectivity index (χ1v) is 10.3. The average Bonchev–Trinajstić information content (AvgIpc) is 2.50. The number of carbonyl (C=O) groups excluding carboxylic acids is 1. The molecule has 0 bridgehead atoms. The van der Waals surface area contributed by atoms with E-state index in [2.05, 4.69) is 4.18 Å². The van der Waals surface area contributed by atoms with Crippen molar-refractivity contribution in [3.05, 3.63) is 0 Å². The Bertz CT molecular complexity index is 479. The molecule has 0 saturated heterocycles. The predicted octanol–water partition coefficient (Wildman–Crippen LogP) is 4.59. The molecule has 1 N–H and O–H groups in total. The van der Waals surface area contributed by atoms with E-state index in [0.717, 1.165) is 19.3 Å². The molecule has 0 aliphatic rings. The highest BCUT2D eigenvalue weighted by Gasteiger charge is 2.26. The maximum atomic E-state index is 12.0. The number of alkyl halides is 3. The molecule has 6 nitrogen and oxygen atoms in total. The summed E-state index contributed by atoms with van der Waals surface area (Å²) in [6.07, 6.45) is -0.750. The van der Waals surface area contributed by atoms with Crippen molar-refractivity contribution >= 4 is 16.4 Å². The highest BCUT2D eigenvalue weighted by Crippen LogP contribution is 2.23. The van der Waals surface area contributed by atoms with E-state index < -0.39 is 35.1 Å². The van der Waals surface area contributed by atoms with Crippen LogP contribution in [0.25, 0.3) is 0 Å². The maximum absolute atomic E-state index is 12.0. The van der Waals surface area contributed by atoms with Gasteiger partial charge in [0.2, 0.25) is 0 Å². The normalized spacial score (nSPS) is 13.6. The Morgan fingerprint density at radius 3 is 2.15 bits per heavy atom. The van der Waals surface area contributed by atoms with Crippen LogP contribution in [0.3, 0.4) is 0 Å². The van der Waals surface area contributed by atoms with Crippen LogP contribution < -0.4 is 0 Å². The van der Waals surface area contributed by atoms with Gasteiger partial charge in [-0.3, -0.25) is 4.55 Å². The first-order valence-electron chi connectivity index (χ1n) is 8.94. The van der Waals surface area contributed by atoms with Gasteiger partial charge in [0.25, 0.3) is 0 Å². The summed E-state index contributed by atoms with van der Waals surface area (Å²) < 4.78 is 75.6. The molecule has 0 radical (unpaired) electrons. The Labute approximate surface area is 153 Å². The van der Waals surface area contributed by atoms with Gasteiger partial charge >= 0.3 is 22.5 Å². The van der Waals surface area contributed by atoms with E-state index in [1.807, 2.05) is 6.92 Å². The van der Waals surface area contributed by atoms with Gasteiger partial charge in [0.15, 0.2) is 6.10 Å². The molecule has 1 unspecified atom stereocenters. The van der Waals surface area contributed by atoms with E-state index in [9.17, 15) is 26.4 Å². The average molecular weight is 406 g/mol. The van der Waals surface area contributed by atoms with Crippen LogP contribution in [0.15, 0.2) is 0 Å². The molecule has 0 aromatic rings. The van der Waals surface area contributed by atoms with E-state index in [0.29, 0.717) is 32.1 Å². The molecule has 0 spiro atoms. The minimum Gasteiger partial charge on any atom is -0.464 e. The van der Waals surface area contributed by atoms with Gasteiger partial charge in [-0.15, -0.1) is 0 Å². The van der Waals surface area contributed by atoms with Gasteiger partial charge in [0.1, 0.15) is 0 Å². The van der Waals surface area contributed by atoms with Crippen molar-refractivity contribution in [1.82, 2.24) is 0 Å². The third-order valence-corrected chi connectivity index (χ3v) is 4.14. The Kier molecular flexibility index (Phi) is 12.9. The maximum Gasteiger partial charge on any atom is 0.398 e. The van der Waals surface area contributed by atoms with Crippen molar-refractivity contribution in [2.24, 2.45) is 0 Å². The first kappa shape index (κ1) is 25.1. The molecule has 10 heteroatoms. The third-order valence-electron chi connectivity index (χ3n) is 3.67. The Hall–Kier alpha value is -0.870. The van der Waals surface area contributed by atoms with Crippen LogP contribution in [-0.4, -0.2) is 37.8 Å². The van der Waals surface area contributed by atoms with E-state index >= 15 is 0 Å². The Morgan fingerprint density at radius 1 is 1.00 bits per heavy atom. The van der Waals surface area contributed by atoms with Crippen molar-refractivity contribution in [1.29, 1.82) is 0 Å². The lowest BCUT2D eigenvalue weighted by Crippen LogP contribution is -2.29. The second-order valence-corrected chi connectivity index (χ2v) is 7.21. The van der Waals surface area contributed by atoms with Crippen LogP contribution >= 0.6 is 0 Å². The molecule has 26 heavy (non-hydrogen) atoms. The minimum atomic E-state index is -4.76. The summed E-state index contributed by atoms with van der Waals surface area (Å²) in [7, 11) is -4.76. The summed E-state index contributed by atoms with van der Waals surface area (Å²) in [5.41, 5.74) is 0. The number of ether oxygens (including phenoxy) is 1. The molecule has 0 aliphatic heterocycles. The van der Waals surface area contributed by atoms with Crippen molar-refractivity contribution in [2.75, 3.05) is 6.61 Å². The zero-order valence-corrected chi connectivity index (χ0v) is 15.9. The summed E-state index contributed by atoms with van der Waals surface area (Å²) in [5, 5.41) is 0. The third kappa shape index (κ3) is 16.6. The predicted molar refractivity (Wildman–Crippen MR) is 89.9 cm³/mol. The zero-order chi connectivity index (χ0) is 20.1. The zero-order valence-electron chi connectivity index (χ0n) is 15.1. The van der Waals surface area contributed by atoms with Crippen LogP contribution in [0.1, 0.15) is 77.6 Å². The lowest BCUT2D eigenvalue weighted by atomic mass is 10.1. The van der Waals surface area contributed by atoms with Gasteiger partial charge in [-0.2, -0.15) is 21.6 Å². The molecule has 0 aromatic heterocycles. The SMILES string of the molecule is CCCCCCC(OS(=O)(=O)O)C(=O)OCCCCCCCC(F)(F)F. The molecule has 0 fully saturated rings. The summed E-state index contributed by atoms with van der Waals surface area (Å²) in [6.45, 7) is 2.03. The van der Waals surface area contributed by atoms with Crippen LogP contribution in [0.4, 0.5) is 13.2 Å². The van der Waals surface area contributed by atoms with Crippen molar-refractivity contribution in [2.45, 2.75) is 89.8 Å². The number of unbranched alkanes of at least 4 members (excludes halogenated alkanes) is 7. The largest absolute Gasteiger partial charge is 0.464 e. The van der Waals surface area contributed by atoms with Crippen LogP contribution in [0, 0.1) is 0 Å². The topological polar surface area (TPSA) is 89.9 Å². The van der Waals surface area contributed by atoms with Crippen LogP contribution in [-0.2, 0) is 24.1 Å². The molecule has 0 heterocycles. The van der Waals surface area contributed by atoms with Gasteiger partial charge in [-0.25, -0.2) is 8.98 Å². The van der Waals surface area contributed by atoms with Gasteiger partial charge in [0, 0.05) is 6.42 Å². The number of carbonyl (C=O) groups is 1. The van der Waals surface area contributed by atoms with Crippen molar-refractivity contribution < 1.29 is 39.9 Å². The summed E-state index contributed by atoms with van der Waals surface area (Å²) in [5.74, 6) is -0.865. The number of hydrogen-bond donors (Lipinski definition) is 1. The summed E-state index contributed by atoms with van der Waals surface area (Å²) in [6, 6.07) is 0. The highest BCUT2D eigenvalue weighted by atomic mass is 32.3. The summed E-state index contributed by atoms with van der Waals surface area (Å²) >= 11 is 0. The number of rotatable bonds is 15. The molecular formula is C16H29F3O6S. The van der Waals surface area contributed by atoms with E-state index in [-0.39, 0.29) is 19.4 Å². The smallest absolute Gasteiger partial charge is 0.398 e. The number of esters is 1. The molecule has 0 saturated carbocycles. The second kappa shape index (κ2) is 13.3. The fourth-order valence-electron chi connectivity index (χ4n) is 2.33. The molecule has 156 valence electrons. The van der Waals surface area contributed by atoms with E-state index in [1.165, 1.54) is 0 Å². The highest BCUT2D eigenvalue weighted by molar-refractivity contribution is 7.80. The molecule has 0 aliphatic carbocycles. The van der Waals surface area contributed by atoms with E-state index in [4.69, 9.17) is 9.29 Å². The lowest BCUT2D eigenvalue weighted by Gasteiger charge is -2.14. The van der Waals surface area contributed by atoms with Gasteiger partial charge < -0.3 is 4.74 Å². The van der Waals surface area contributed by atoms with E-state index in [1.54, 1.807) is 0 Å². The van der Waals surface area contributed by atoms with Gasteiger partial charge in [-0.1, -0.05) is 51.9 Å². The number of halogens is 3. The minimum absolute atomic E-state index is 0.0262. The molecule has 0 aromatic carbocycles. The molecule has 0 rings (SSSR count). The first-order chi connectivity index (χ1) is 12.0. The van der Waals surface area contributed by atoms with Crippen molar-refractivity contribution in [3.8, 4) is 0 Å². The van der Waals surface area contributed by atoms with Gasteiger partial charge in [0.05, 0.1) is 6.61 Å². The second-order valence-electron chi connectivity index (χ2n) is 6.16. The van der Waals surface area contributed by atoms with Crippen LogP contribution in [0.2, 0.25) is 0 Å².